The number of rotatable bonds is 7. The van der Waals surface area contributed by atoms with Crippen LogP contribution in [-0.4, -0.2) is 36.9 Å². The van der Waals surface area contributed by atoms with E-state index in [0.29, 0.717) is 12.8 Å². The predicted molar refractivity (Wildman–Crippen MR) is 87.9 cm³/mol. The van der Waals surface area contributed by atoms with Crippen LogP contribution in [0.25, 0.3) is 0 Å². The van der Waals surface area contributed by atoms with E-state index in [1.807, 2.05) is 0 Å². The fourth-order valence-corrected chi connectivity index (χ4v) is 3.03. The van der Waals surface area contributed by atoms with Crippen molar-refractivity contribution in [3.8, 4) is 5.75 Å². The summed E-state index contributed by atoms with van der Waals surface area (Å²) in [4.78, 5) is 11.9. The Kier molecular flexibility index (Phi) is 6.18. The Morgan fingerprint density at radius 1 is 1.32 bits per heavy atom. The van der Waals surface area contributed by atoms with Crippen molar-refractivity contribution < 1.29 is 31.6 Å². The summed E-state index contributed by atoms with van der Waals surface area (Å²) in [5.74, 6) is -2.38. The van der Waals surface area contributed by atoms with Gasteiger partial charge in [0.05, 0.1) is 21.4 Å². The number of hydrogen-bond donors (Lipinski definition) is 0. The molecule has 0 aromatic heterocycles. The van der Waals surface area contributed by atoms with E-state index in [0.717, 1.165) is 25.3 Å². The molecule has 0 aliphatic heterocycles. The van der Waals surface area contributed by atoms with Gasteiger partial charge in [-0.1, -0.05) is 13.0 Å². The highest BCUT2D eigenvalue weighted by Crippen LogP contribution is 2.35. The summed E-state index contributed by atoms with van der Waals surface area (Å²) in [5, 5.41) is 0. The highest BCUT2D eigenvalue weighted by molar-refractivity contribution is 7.85. The maximum atomic E-state index is 14.1. The van der Waals surface area contributed by atoms with Gasteiger partial charge in [-0.15, -0.1) is 0 Å². The van der Waals surface area contributed by atoms with Crippen LogP contribution in [0.1, 0.15) is 42.5 Å². The predicted octanol–water partition coefficient (Wildman–Crippen LogP) is 2.80. The summed E-state index contributed by atoms with van der Waals surface area (Å²) in [5.41, 5.74) is -0.659. The van der Waals surface area contributed by atoms with Crippen LogP contribution in [0.5, 0.6) is 5.75 Å². The smallest absolute Gasteiger partial charge is 0.338 e. The first-order chi connectivity index (χ1) is 11.7. The number of benzene rings is 1. The minimum atomic E-state index is -4.47. The molecule has 6 nitrogen and oxygen atoms in total. The van der Waals surface area contributed by atoms with Crippen LogP contribution in [0.4, 0.5) is 4.39 Å². The molecule has 0 radical (unpaired) electrons. The van der Waals surface area contributed by atoms with Crippen molar-refractivity contribution in [3.63, 3.8) is 0 Å². The Balaban J connectivity index is 2.11. The first-order valence-corrected chi connectivity index (χ1v) is 9.55. The van der Waals surface area contributed by atoms with Gasteiger partial charge in [0.1, 0.15) is 12.2 Å². The van der Waals surface area contributed by atoms with Crippen molar-refractivity contribution in [2.45, 2.75) is 37.7 Å². The highest BCUT2D eigenvalue weighted by Gasteiger charge is 2.32. The number of carbonyl (C=O) groups is 1. The van der Waals surface area contributed by atoms with Crippen LogP contribution in [-0.2, 0) is 14.9 Å². The largest absolute Gasteiger partial charge is 0.748 e. The van der Waals surface area contributed by atoms with E-state index < -0.39 is 39.9 Å². The molecule has 0 amide bonds. The van der Waals surface area contributed by atoms with Gasteiger partial charge >= 0.3 is 5.97 Å². The summed E-state index contributed by atoms with van der Waals surface area (Å²) in [6.07, 6.45) is 6.06. The van der Waals surface area contributed by atoms with E-state index >= 15 is 0 Å². The molecule has 1 fully saturated rings. The minimum absolute atomic E-state index is 0.00900. The van der Waals surface area contributed by atoms with E-state index in [-0.39, 0.29) is 11.3 Å². The molecule has 0 spiro atoms. The standard InChI is InChI=1S/C17H21FO6S/c1-2-17(8-4-3-5-9-17)24-15-12-13(6-7-14(15)18)16(19)23-10-11-25(20,21)22/h2,6-7,12H,1,3-5,8-11H2,(H,20,21,22)/p-1. The Morgan fingerprint density at radius 3 is 2.60 bits per heavy atom. The van der Waals surface area contributed by atoms with E-state index in [4.69, 9.17) is 9.47 Å². The number of esters is 1. The second-order valence-corrected chi connectivity index (χ2v) is 7.50. The van der Waals surface area contributed by atoms with Gasteiger partial charge < -0.3 is 14.0 Å². The Morgan fingerprint density at radius 2 is 2.00 bits per heavy atom. The summed E-state index contributed by atoms with van der Waals surface area (Å²) in [6, 6.07) is 3.50. The molecule has 1 aliphatic rings. The van der Waals surface area contributed by atoms with Gasteiger partial charge in [0, 0.05) is 0 Å². The summed E-state index contributed by atoms with van der Waals surface area (Å²) >= 11 is 0. The maximum absolute atomic E-state index is 14.1. The molecular weight excluding hydrogens is 351 g/mol. The second kappa shape index (κ2) is 7.97. The van der Waals surface area contributed by atoms with Gasteiger partial charge in [0.15, 0.2) is 11.6 Å². The van der Waals surface area contributed by atoms with Gasteiger partial charge in [-0.25, -0.2) is 17.6 Å². The third kappa shape index (κ3) is 5.54. The Hall–Kier alpha value is -1.93. The fraction of sp³-hybridized carbons (Fsp3) is 0.471. The first-order valence-electron chi connectivity index (χ1n) is 7.97. The highest BCUT2D eigenvalue weighted by atomic mass is 32.2. The molecule has 1 aromatic carbocycles. The minimum Gasteiger partial charge on any atom is -0.748 e. The topological polar surface area (TPSA) is 92.7 Å². The average Bonchev–Trinajstić information content (AvgIpc) is 2.56. The monoisotopic (exact) mass is 371 g/mol. The van der Waals surface area contributed by atoms with Crippen LogP contribution in [0.15, 0.2) is 30.9 Å². The van der Waals surface area contributed by atoms with E-state index in [2.05, 4.69) is 6.58 Å². The van der Waals surface area contributed by atoms with E-state index in [1.54, 1.807) is 6.08 Å². The molecule has 0 heterocycles. The van der Waals surface area contributed by atoms with Crippen LogP contribution in [0.2, 0.25) is 0 Å². The lowest BCUT2D eigenvalue weighted by molar-refractivity contribution is 0.0522. The zero-order valence-corrected chi connectivity index (χ0v) is 14.5. The molecule has 2 rings (SSSR count). The molecule has 8 heteroatoms. The number of halogens is 1. The van der Waals surface area contributed by atoms with Crippen LogP contribution in [0.3, 0.4) is 0 Å². The molecule has 1 saturated carbocycles. The summed E-state index contributed by atoms with van der Waals surface area (Å²) in [6.45, 7) is 3.22. The normalized spacial score (nSPS) is 16.9. The van der Waals surface area contributed by atoms with Crippen molar-refractivity contribution >= 4 is 16.1 Å². The Bertz CT molecular complexity index is 738. The van der Waals surface area contributed by atoms with Gasteiger partial charge in [-0.05, 0) is 50.0 Å². The molecule has 1 aliphatic carbocycles. The fourth-order valence-electron chi connectivity index (χ4n) is 2.75. The second-order valence-electron chi connectivity index (χ2n) is 5.97. The molecule has 138 valence electrons. The van der Waals surface area contributed by atoms with Crippen molar-refractivity contribution in [1.29, 1.82) is 0 Å². The molecular formula is C17H20FO6S-. The lowest BCUT2D eigenvalue weighted by Crippen LogP contribution is -2.36. The molecule has 0 unspecified atom stereocenters. The van der Waals surface area contributed by atoms with Gasteiger partial charge in [0.2, 0.25) is 0 Å². The molecule has 0 atom stereocenters. The lowest BCUT2D eigenvalue weighted by atomic mass is 9.84. The third-order valence-electron chi connectivity index (χ3n) is 4.12. The van der Waals surface area contributed by atoms with Crippen LogP contribution >= 0.6 is 0 Å². The summed E-state index contributed by atoms with van der Waals surface area (Å²) in [7, 11) is -4.47. The zero-order valence-electron chi connectivity index (χ0n) is 13.7. The number of ether oxygens (including phenoxy) is 2. The zero-order chi connectivity index (χ0) is 18.5. The van der Waals surface area contributed by atoms with Crippen molar-refractivity contribution in [2.75, 3.05) is 12.4 Å². The Labute approximate surface area is 146 Å². The van der Waals surface area contributed by atoms with E-state index in [1.165, 1.54) is 12.1 Å². The quantitative estimate of drug-likeness (QED) is 0.416. The van der Waals surface area contributed by atoms with Gasteiger partial charge in [-0.3, -0.25) is 0 Å². The van der Waals surface area contributed by atoms with Gasteiger partial charge in [0.25, 0.3) is 0 Å². The third-order valence-corrected chi connectivity index (χ3v) is 4.79. The lowest BCUT2D eigenvalue weighted by Gasteiger charge is -2.35. The van der Waals surface area contributed by atoms with Crippen LogP contribution < -0.4 is 4.74 Å². The van der Waals surface area contributed by atoms with Crippen molar-refractivity contribution in [1.82, 2.24) is 0 Å². The van der Waals surface area contributed by atoms with Crippen molar-refractivity contribution in [2.24, 2.45) is 0 Å². The molecule has 1 aromatic rings. The van der Waals surface area contributed by atoms with Crippen LogP contribution in [0, 0.1) is 5.82 Å². The molecule has 0 N–H and O–H groups in total. The van der Waals surface area contributed by atoms with Crippen molar-refractivity contribution in [3.05, 3.63) is 42.2 Å². The average molecular weight is 371 g/mol. The molecule has 0 bridgehead atoms. The summed E-state index contributed by atoms with van der Waals surface area (Å²) < 4.78 is 56.2. The first kappa shape index (κ1) is 19.4. The van der Waals surface area contributed by atoms with E-state index in [9.17, 15) is 22.2 Å². The number of hydrogen-bond acceptors (Lipinski definition) is 6. The SMILES string of the molecule is C=CC1(Oc2cc(C(=O)OCCS(=O)(=O)[O-])ccc2F)CCCCC1. The maximum Gasteiger partial charge on any atom is 0.338 e. The number of carbonyl (C=O) groups excluding carboxylic acids is 1. The molecule has 0 saturated heterocycles. The van der Waals surface area contributed by atoms with Gasteiger partial charge in [-0.2, -0.15) is 0 Å². The molecule has 25 heavy (non-hydrogen) atoms.